The van der Waals surface area contributed by atoms with E-state index in [2.05, 4.69) is 18.0 Å². The van der Waals surface area contributed by atoms with E-state index in [-0.39, 0.29) is 5.91 Å². The summed E-state index contributed by atoms with van der Waals surface area (Å²) in [6.07, 6.45) is 0. The number of piperazine rings is 1. The molecule has 126 valence electrons. The Bertz CT molecular complexity index is 899. The van der Waals surface area contributed by atoms with E-state index in [1.165, 1.54) is 0 Å². The Morgan fingerprint density at radius 2 is 1.60 bits per heavy atom. The van der Waals surface area contributed by atoms with E-state index in [1.54, 1.807) is 0 Å². The molecular weight excluding hydrogens is 310 g/mol. The van der Waals surface area contributed by atoms with Crippen LogP contribution in [-0.2, 0) is 0 Å². The molecule has 0 unspecified atom stereocenters. The maximum Gasteiger partial charge on any atom is 0.272 e. The van der Waals surface area contributed by atoms with Crippen LogP contribution in [0.25, 0.3) is 22.0 Å². The van der Waals surface area contributed by atoms with Gasteiger partial charge in [-0.1, -0.05) is 54.6 Å². The van der Waals surface area contributed by atoms with Crippen LogP contribution in [0.4, 0.5) is 0 Å². The van der Waals surface area contributed by atoms with Gasteiger partial charge in [0.2, 0.25) is 0 Å². The molecule has 4 heteroatoms. The number of aromatic nitrogens is 1. The van der Waals surface area contributed by atoms with Gasteiger partial charge < -0.3 is 9.80 Å². The second kappa shape index (κ2) is 6.65. The Morgan fingerprint density at radius 3 is 2.36 bits per heavy atom. The Kier molecular flexibility index (Phi) is 4.20. The molecule has 1 saturated heterocycles. The fourth-order valence-electron chi connectivity index (χ4n) is 3.30. The lowest BCUT2D eigenvalue weighted by atomic mass is 10.0. The molecule has 1 fully saturated rings. The lowest BCUT2D eigenvalue weighted by Crippen LogP contribution is -2.47. The van der Waals surface area contributed by atoms with E-state index in [0.717, 1.165) is 48.2 Å². The summed E-state index contributed by atoms with van der Waals surface area (Å²) in [5.41, 5.74) is 2.44. The standard InChI is InChI=1S/C21H21N3O/c1-23-11-13-24(14-12-23)21(25)19-15-17-9-5-6-10-18(17)20(22-19)16-7-3-2-4-8-16/h2-10,15H,11-14H2,1H3. The van der Waals surface area contributed by atoms with Crippen molar-refractivity contribution >= 4 is 16.7 Å². The number of rotatable bonds is 2. The molecule has 0 atom stereocenters. The summed E-state index contributed by atoms with van der Waals surface area (Å²) in [6.45, 7) is 3.32. The van der Waals surface area contributed by atoms with Gasteiger partial charge >= 0.3 is 0 Å². The summed E-state index contributed by atoms with van der Waals surface area (Å²) in [5.74, 6) is 0.0241. The zero-order valence-corrected chi connectivity index (χ0v) is 14.4. The predicted molar refractivity (Wildman–Crippen MR) is 101 cm³/mol. The minimum Gasteiger partial charge on any atom is -0.335 e. The first-order valence-electron chi connectivity index (χ1n) is 8.65. The van der Waals surface area contributed by atoms with Gasteiger partial charge in [-0.15, -0.1) is 0 Å². The van der Waals surface area contributed by atoms with Crippen molar-refractivity contribution in [1.29, 1.82) is 0 Å². The number of amides is 1. The maximum absolute atomic E-state index is 13.0. The Hall–Kier alpha value is -2.72. The molecule has 4 nitrogen and oxygen atoms in total. The molecule has 2 heterocycles. The van der Waals surface area contributed by atoms with Crippen molar-refractivity contribution in [3.63, 3.8) is 0 Å². The molecule has 25 heavy (non-hydrogen) atoms. The van der Waals surface area contributed by atoms with Gasteiger partial charge in [0.05, 0.1) is 5.69 Å². The van der Waals surface area contributed by atoms with Gasteiger partial charge in [0.1, 0.15) is 5.69 Å². The topological polar surface area (TPSA) is 36.4 Å². The van der Waals surface area contributed by atoms with Crippen molar-refractivity contribution in [2.45, 2.75) is 0 Å². The molecule has 1 aromatic heterocycles. The summed E-state index contributed by atoms with van der Waals surface area (Å²) in [6, 6.07) is 20.1. The monoisotopic (exact) mass is 331 g/mol. The molecule has 0 N–H and O–H groups in total. The van der Waals surface area contributed by atoms with Crippen molar-refractivity contribution in [3.8, 4) is 11.3 Å². The van der Waals surface area contributed by atoms with Crippen LogP contribution >= 0.6 is 0 Å². The van der Waals surface area contributed by atoms with Gasteiger partial charge in [0.15, 0.2) is 0 Å². The lowest BCUT2D eigenvalue weighted by molar-refractivity contribution is 0.0658. The second-order valence-electron chi connectivity index (χ2n) is 6.54. The third kappa shape index (κ3) is 3.13. The molecule has 1 amide bonds. The van der Waals surface area contributed by atoms with Crippen molar-refractivity contribution < 1.29 is 4.79 Å². The minimum atomic E-state index is 0.0241. The summed E-state index contributed by atoms with van der Waals surface area (Å²) in [4.78, 5) is 21.9. The fourth-order valence-corrected chi connectivity index (χ4v) is 3.30. The van der Waals surface area contributed by atoms with Gasteiger partial charge in [-0.2, -0.15) is 0 Å². The number of benzene rings is 2. The molecular formula is C21H21N3O. The average Bonchev–Trinajstić information content (AvgIpc) is 2.68. The van der Waals surface area contributed by atoms with E-state index in [0.29, 0.717) is 5.69 Å². The third-order valence-corrected chi connectivity index (χ3v) is 4.80. The Balaban J connectivity index is 1.79. The van der Waals surface area contributed by atoms with Gasteiger partial charge in [0.25, 0.3) is 5.91 Å². The normalized spacial score (nSPS) is 15.5. The summed E-state index contributed by atoms with van der Waals surface area (Å²) in [7, 11) is 2.09. The first-order valence-corrected chi connectivity index (χ1v) is 8.65. The van der Waals surface area contributed by atoms with Gasteiger partial charge in [-0.3, -0.25) is 4.79 Å². The molecule has 3 aromatic rings. The number of hydrogen-bond donors (Lipinski definition) is 0. The maximum atomic E-state index is 13.0. The van der Waals surface area contributed by atoms with Crippen molar-refractivity contribution in [2.75, 3.05) is 33.2 Å². The smallest absolute Gasteiger partial charge is 0.272 e. The number of fused-ring (bicyclic) bond motifs is 1. The van der Waals surface area contributed by atoms with Crippen LogP contribution in [-0.4, -0.2) is 53.9 Å². The van der Waals surface area contributed by atoms with Gasteiger partial charge in [0, 0.05) is 37.1 Å². The molecule has 0 spiro atoms. The van der Waals surface area contributed by atoms with Crippen LogP contribution in [0.2, 0.25) is 0 Å². The summed E-state index contributed by atoms with van der Waals surface area (Å²) in [5, 5.41) is 2.12. The van der Waals surface area contributed by atoms with Crippen LogP contribution in [0.3, 0.4) is 0 Å². The molecule has 0 saturated carbocycles. The van der Waals surface area contributed by atoms with Crippen molar-refractivity contribution in [2.24, 2.45) is 0 Å². The summed E-state index contributed by atoms with van der Waals surface area (Å²) < 4.78 is 0. The Morgan fingerprint density at radius 1 is 0.920 bits per heavy atom. The third-order valence-electron chi connectivity index (χ3n) is 4.80. The minimum absolute atomic E-state index is 0.0241. The Labute approximate surface area is 147 Å². The number of carbonyl (C=O) groups excluding carboxylic acids is 1. The van der Waals surface area contributed by atoms with E-state index in [4.69, 9.17) is 4.98 Å². The highest BCUT2D eigenvalue weighted by Crippen LogP contribution is 2.28. The van der Waals surface area contributed by atoms with Crippen LogP contribution in [0, 0.1) is 0 Å². The number of pyridine rings is 1. The zero-order chi connectivity index (χ0) is 17.2. The molecule has 1 aliphatic rings. The van der Waals surface area contributed by atoms with Crippen LogP contribution < -0.4 is 0 Å². The van der Waals surface area contributed by atoms with Gasteiger partial charge in [-0.25, -0.2) is 4.98 Å². The number of carbonyl (C=O) groups is 1. The van der Waals surface area contributed by atoms with Crippen molar-refractivity contribution in [1.82, 2.24) is 14.8 Å². The molecule has 2 aromatic carbocycles. The summed E-state index contributed by atoms with van der Waals surface area (Å²) >= 11 is 0. The average molecular weight is 331 g/mol. The number of nitrogens with zero attached hydrogens (tertiary/aromatic N) is 3. The molecule has 4 rings (SSSR count). The van der Waals surface area contributed by atoms with E-state index >= 15 is 0 Å². The quantitative estimate of drug-likeness (QED) is 0.723. The largest absolute Gasteiger partial charge is 0.335 e. The zero-order valence-electron chi connectivity index (χ0n) is 14.4. The lowest BCUT2D eigenvalue weighted by Gasteiger charge is -2.32. The molecule has 0 bridgehead atoms. The van der Waals surface area contributed by atoms with Crippen molar-refractivity contribution in [3.05, 3.63) is 66.4 Å². The first-order chi connectivity index (χ1) is 12.2. The first kappa shape index (κ1) is 15.8. The second-order valence-corrected chi connectivity index (χ2v) is 6.54. The molecule has 1 aliphatic heterocycles. The van der Waals surface area contributed by atoms with Crippen LogP contribution in [0.5, 0.6) is 0 Å². The molecule has 0 aliphatic carbocycles. The van der Waals surface area contributed by atoms with Crippen LogP contribution in [0.1, 0.15) is 10.5 Å². The number of hydrogen-bond acceptors (Lipinski definition) is 3. The fraction of sp³-hybridized carbons (Fsp3) is 0.238. The predicted octanol–water partition coefficient (Wildman–Crippen LogP) is 3.29. The number of likely N-dealkylation sites (N-methyl/N-ethyl adjacent to an activating group) is 1. The SMILES string of the molecule is CN1CCN(C(=O)c2cc3ccccc3c(-c3ccccc3)n2)CC1. The van der Waals surface area contributed by atoms with E-state index in [9.17, 15) is 4.79 Å². The highest BCUT2D eigenvalue weighted by molar-refractivity contribution is 6.01. The van der Waals surface area contributed by atoms with E-state index < -0.39 is 0 Å². The van der Waals surface area contributed by atoms with Gasteiger partial charge in [-0.05, 0) is 18.5 Å². The molecule has 0 radical (unpaired) electrons. The highest BCUT2D eigenvalue weighted by atomic mass is 16.2. The van der Waals surface area contributed by atoms with Crippen LogP contribution in [0.15, 0.2) is 60.7 Å². The highest BCUT2D eigenvalue weighted by Gasteiger charge is 2.22. The van der Waals surface area contributed by atoms with E-state index in [1.807, 2.05) is 59.5 Å².